The second-order valence-corrected chi connectivity index (χ2v) is 8.45. The number of aromatic amines is 2. The summed E-state index contributed by atoms with van der Waals surface area (Å²) in [7, 11) is 0. The number of unbranched alkanes of at least 4 members (excludes halogenated alkanes) is 2. The normalized spacial score (nSPS) is 13.9. The quantitative estimate of drug-likeness (QED) is 0.0999. The van der Waals surface area contributed by atoms with Crippen LogP contribution in [0, 0.1) is 0 Å². The molecule has 0 aliphatic heterocycles. The number of aryl methyl sites for hydroxylation is 1. The molecular formula is C25H29N7O6. The van der Waals surface area contributed by atoms with Crippen molar-refractivity contribution in [3.8, 4) is 0 Å². The molecule has 2 aromatic carbocycles. The number of benzene rings is 1. The number of nitrogens with one attached hydrogen (secondary N) is 5. The maximum Gasteiger partial charge on any atom is 0.327 e. The summed E-state index contributed by atoms with van der Waals surface area (Å²) in [5, 5.41) is 18.0. The first-order chi connectivity index (χ1) is 20.4. The van der Waals surface area contributed by atoms with Gasteiger partial charge in [-0.25, -0.2) is 9.59 Å². The van der Waals surface area contributed by atoms with Crippen molar-refractivity contribution >= 4 is 34.5 Å². The van der Waals surface area contributed by atoms with Crippen molar-refractivity contribution in [3.63, 3.8) is 0 Å². The lowest BCUT2D eigenvalue weighted by atomic mass is 10.0. The molecule has 0 radical (unpaired) electrons. The summed E-state index contributed by atoms with van der Waals surface area (Å²) in [6, 6.07) is -4.48. The number of hydrogen-bond donors (Lipinski definition) is 6. The molecule has 6 N–H and O–H groups in total. The molecule has 0 saturated carbocycles. The number of aliphatic carboxylic acids is 1. The van der Waals surface area contributed by atoms with Crippen LogP contribution in [0.4, 0.5) is 17.3 Å². The zero-order valence-corrected chi connectivity index (χ0v) is 20.4. The van der Waals surface area contributed by atoms with Gasteiger partial charge in [0.1, 0.15) is 17.4 Å². The molecule has 0 amide bonds. The fourth-order valence-corrected chi connectivity index (χ4v) is 3.92. The van der Waals surface area contributed by atoms with Gasteiger partial charge in [0.15, 0.2) is 11.2 Å². The Labute approximate surface area is 222 Å². The Bertz CT molecular complexity index is 1860. The fraction of sp³-hybridized carbons (Fsp3) is 0.360. The molecule has 0 aliphatic carbocycles. The number of nitrogens with zero attached hydrogens (tertiary/aromatic N) is 2. The van der Waals surface area contributed by atoms with E-state index in [0.29, 0.717) is 32.4 Å². The highest BCUT2D eigenvalue weighted by atomic mass is 16.4. The number of anilines is 3. The molecule has 13 nitrogen and oxygen atoms in total. The molecule has 0 saturated heterocycles. The number of rotatable bonds is 14. The lowest BCUT2D eigenvalue weighted by Gasteiger charge is -2.20. The number of imidazole rings is 1. The second-order valence-electron chi connectivity index (χ2n) is 8.45. The van der Waals surface area contributed by atoms with E-state index in [1.54, 1.807) is 6.92 Å². The van der Waals surface area contributed by atoms with Crippen molar-refractivity contribution in [3.05, 3.63) is 77.1 Å². The predicted octanol–water partition coefficient (Wildman–Crippen LogP) is 0.831. The SMILES string of the molecule is [3H]c1c([3H])c([3H])c(CC(Nc2c(NCCCCCNc3nc4c([nH]c(=O)n4CC)c(=O)[nH]3)c(=O)c2=O)C(=O)O)c([3H])c1[3H]. The third-order valence-corrected chi connectivity index (χ3v) is 5.88. The van der Waals surface area contributed by atoms with Gasteiger partial charge in [0.2, 0.25) is 5.95 Å². The lowest BCUT2D eigenvalue weighted by Crippen LogP contribution is -2.42. The van der Waals surface area contributed by atoms with Gasteiger partial charge >= 0.3 is 11.7 Å². The highest BCUT2D eigenvalue weighted by Gasteiger charge is 2.26. The van der Waals surface area contributed by atoms with Crippen LogP contribution in [0.2, 0.25) is 0 Å². The third-order valence-electron chi connectivity index (χ3n) is 5.88. The maximum absolute atomic E-state index is 12.2. The Morgan fingerprint density at radius 2 is 1.71 bits per heavy atom. The second kappa shape index (κ2) is 11.6. The zero-order valence-electron chi connectivity index (χ0n) is 25.4. The van der Waals surface area contributed by atoms with Gasteiger partial charge in [-0.15, -0.1) is 0 Å². The summed E-state index contributed by atoms with van der Waals surface area (Å²) >= 11 is 0. The Balaban J connectivity index is 1.31. The van der Waals surface area contributed by atoms with Gasteiger partial charge in [0.25, 0.3) is 16.4 Å². The predicted molar refractivity (Wildman–Crippen MR) is 144 cm³/mol. The molecule has 2 aromatic heterocycles. The first kappa shape index (κ1) is 20.4. The fourth-order valence-electron chi connectivity index (χ4n) is 3.92. The van der Waals surface area contributed by atoms with E-state index in [1.807, 2.05) is 0 Å². The van der Waals surface area contributed by atoms with Crippen LogP contribution in [-0.4, -0.2) is 49.7 Å². The molecular weight excluding hydrogens is 494 g/mol. The topological polar surface area (TPSA) is 191 Å². The number of aromatic nitrogens is 4. The molecule has 13 heteroatoms. The van der Waals surface area contributed by atoms with E-state index >= 15 is 0 Å². The van der Waals surface area contributed by atoms with E-state index in [2.05, 4.69) is 30.9 Å². The van der Waals surface area contributed by atoms with Crippen molar-refractivity contribution in [1.29, 1.82) is 0 Å². The molecule has 4 aromatic rings. The summed E-state index contributed by atoms with van der Waals surface area (Å²) in [6.45, 7) is 2.84. The van der Waals surface area contributed by atoms with Crippen molar-refractivity contribution < 1.29 is 16.8 Å². The van der Waals surface area contributed by atoms with Crippen molar-refractivity contribution in [2.75, 3.05) is 29.0 Å². The minimum Gasteiger partial charge on any atom is -0.480 e. The zero-order chi connectivity index (χ0) is 31.6. The summed E-state index contributed by atoms with van der Waals surface area (Å²) in [6.07, 6.45) is 1.36. The van der Waals surface area contributed by atoms with Gasteiger partial charge in [-0.3, -0.25) is 28.9 Å². The first-order valence-corrected chi connectivity index (χ1v) is 12.0. The van der Waals surface area contributed by atoms with Crippen LogP contribution in [0.3, 0.4) is 0 Å². The van der Waals surface area contributed by atoms with Crippen LogP contribution in [0.15, 0.2) is 49.4 Å². The Morgan fingerprint density at radius 3 is 2.39 bits per heavy atom. The summed E-state index contributed by atoms with van der Waals surface area (Å²) in [4.78, 5) is 69.8. The smallest absolute Gasteiger partial charge is 0.327 e. The van der Waals surface area contributed by atoms with Crippen LogP contribution < -0.4 is 38.1 Å². The van der Waals surface area contributed by atoms with Gasteiger partial charge in [0, 0.05) is 26.1 Å². The molecule has 0 spiro atoms. The van der Waals surface area contributed by atoms with E-state index in [4.69, 9.17) is 6.85 Å². The van der Waals surface area contributed by atoms with Crippen molar-refractivity contribution in [2.24, 2.45) is 0 Å². The average molecular weight is 534 g/mol. The van der Waals surface area contributed by atoms with Crippen LogP contribution in [0.25, 0.3) is 11.2 Å². The van der Waals surface area contributed by atoms with Gasteiger partial charge < -0.3 is 21.1 Å². The number of carboxylic acid groups (broad SMARTS) is 1. The molecule has 0 bridgehead atoms. The van der Waals surface area contributed by atoms with Gasteiger partial charge in [-0.2, -0.15) is 4.98 Å². The summed E-state index contributed by atoms with van der Waals surface area (Å²) in [5.74, 6) is -1.23. The van der Waals surface area contributed by atoms with Crippen LogP contribution >= 0.6 is 0 Å². The molecule has 0 fully saturated rings. The third kappa shape index (κ3) is 5.66. The first-order valence-electron chi connectivity index (χ1n) is 14.5. The Morgan fingerprint density at radius 1 is 1.03 bits per heavy atom. The van der Waals surface area contributed by atoms with E-state index in [0.717, 1.165) is 0 Å². The number of H-pyrrole nitrogens is 2. The van der Waals surface area contributed by atoms with Gasteiger partial charge in [0.05, 0.1) is 6.85 Å². The van der Waals surface area contributed by atoms with Crippen LogP contribution in [-0.2, 0) is 17.8 Å². The van der Waals surface area contributed by atoms with Gasteiger partial charge in [-0.05, 0) is 31.7 Å². The summed E-state index contributed by atoms with van der Waals surface area (Å²) < 4.78 is 40.6. The van der Waals surface area contributed by atoms with Gasteiger partial charge in [-0.1, -0.05) is 30.2 Å². The van der Waals surface area contributed by atoms with E-state index in [9.17, 15) is 29.1 Å². The maximum atomic E-state index is 12.2. The Hall–Kier alpha value is -4.68. The van der Waals surface area contributed by atoms with E-state index < -0.39 is 70.8 Å². The molecule has 38 heavy (non-hydrogen) atoms. The number of carbonyl (C=O) groups is 1. The minimum absolute atomic E-state index is 0.0843. The largest absolute Gasteiger partial charge is 0.480 e. The van der Waals surface area contributed by atoms with Crippen LogP contribution in [0.1, 0.15) is 38.6 Å². The molecule has 1 unspecified atom stereocenters. The van der Waals surface area contributed by atoms with E-state index in [-0.39, 0.29) is 40.6 Å². The van der Waals surface area contributed by atoms with Crippen molar-refractivity contribution in [1.82, 2.24) is 19.5 Å². The van der Waals surface area contributed by atoms with Crippen molar-refractivity contribution in [2.45, 2.75) is 45.2 Å². The minimum atomic E-state index is -1.55. The Kier molecular flexibility index (Phi) is 6.21. The molecule has 4 rings (SSSR count). The molecule has 1 atom stereocenters. The molecule has 0 aliphatic rings. The highest BCUT2D eigenvalue weighted by Crippen LogP contribution is 2.17. The summed E-state index contributed by atoms with van der Waals surface area (Å²) in [5.41, 5.74) is -2.86. The average Bonchev–Trinajstić information content (AvgIpc) is 3.31. The monoisotopic (exact) mass is 533 g/mol. The molecule has 200 valence electrons. The highest BCUT2D eigenvalue weighted by molar-refractivity contribution is 5.82. The standard InChI is InChI=1S/C25H29N7O6/c1-2-32-21-18(29-25(32)38)22(35)31-24(30-21)27-12-8-4-7-11-26-16-17(20(34)19(16)33)28-15(23(36)37)13-14-9-5-3-6-10-14/h3,5-6,9-10,15,26,28H,2,4,7-8,11-13H2,1H3,(H,29,38)(H,36,37)(H2,27,30,31,35)/i3T,5T,6T,9T,10T. The lowest BCUT2D eigenvalue weighted by molar-refractivity contribution is -0.137. The van der Waals surface area contributed by atoms with E-state index in [1.165, 1.54) is 4.57 Å². The number of carboxylic acids is 1. The number of fused-ring (bicyclic) bond motifs is 1. The number of hydrogen-bond acceptors (Lipinski definition) is 9. The molecule has 2 heterocycles. The van der Waals surface area contributed by atoms with Crippen LogP contribution in [0.5, 0.6) is 0 Å².